The molecule has 0 unspecified atom stereocenters. The number of anilines is 1. The molecule has 1 fully saturated rings. The summed E-state index contributed by atoms with van der Waals surface area (Å²) in [5.41, 5.74) is 5.88. The number of methoxy groups -OCH3 is 1. The Morgan fingerprint density at radius 3 is 2.58 bits per heavy atom. The van der Waals surface area contributed by atoms with E-state index in [-0.39, 0.29) is 18.1 Å². The van der Waals surface area contributed by atoms with Gasteiger partial charge in [-0.2, -0.15) is 10.4 Å². The first-order valence-electron chi connectivity index (χ1n) is 12.4. The van der Waals surface area contributed by atoms with E-state index >= 15 is 0 Å². The summed E-state index contributed by atoms with van der Waals surface area (Å²) < 4.78 is 7.09. The van der Waals surface area contributed by atoms with Gasteiger partial charge in [-0.1, -0.05) is 13.8 Å². The van der Waals surface area contributed by atoms with Crippen molar-refractivity contribution in [3.05, 3.63) is 60.0 Å². The highest BCUT2D eigenvalue weighted by atomic mass is 16.5. The molecule has 0 bridgehead atoms. The first-order valence-corrected chi connectivity index (χ1v) is 12.4. The minimum atomic E-state index is -0.226. The van der Waals surface area contributed by atoms with Crippen LogP contribution in [0.5, 0.6) is 5.88 Å². The summed E-state index contributed by atoms with van der Waals surface area (Å²) in [4.78, 5) is 9.11. The Kier molecular flexibility index (Phi) is 6.57. The van der Waals surface area contributed by atoms with Crippen molar-refractivity contribution in [3.63, 3.8) is 0 Å². The van der Waals surface area contributed by atoms with Crippen LogP contribution in [0.3, 0.4) is 0 Å². The maximum atomic E-state index is 9.86. The van der Waals surface area contributed by atoms with Gasteiger partial charge in [0.2, 0.25) is 5.88 Å². The third kappa shape index (κ3) is 4.50. The molecule has 1 aromatic carbocycles. The first kappa shape index (κ1) is 23.8. The molecule has 4 aromatic rings. The molecule has 36 heavy (non-hydrogen) atoms. The smallest absolute Gasteiger partial charge is 0.212 e. The molecule has 0 amide bonds. The number of aliphatic hydroxyl groups is 1. The number of fused-ring (bicyclic) bond motifs is 1. The number of hydrogen-bond donors (Lipinski definition) is 2. The van der Waals surface area contributed by atoms with Crippen LogP contribution in [0.25, 0.3) is 27.8 Å². The highest BCUT2D eigenvalue weighted by Crippen LogP contribution is 2.35. The largest absolute Gasteiger partial charge is 0.481 e. The zero-order valence-electron chi connectivity index (χ0n) is 20.8. The standard InChI is InChI=1S/C28H30N6O2/c1-17(2)27-26-23(19-5-11-25(36-3)31-16-19)12-13-30-28(26)34(33-27)21-8-4-18(15-29)24(14-21)32-20-6-9-22(35)10-7-20/h4-5,8,11-14,16-17,20,22,32,35H,6-7,9-10H2,1-3H3/t20-,22-. The number of nitrogens with zero attached hydrogens (tertiary/aromatic N) is 5. The van der Waals surface area contributed by atoms with Crippen molar-refractivity contribution in [1.29, 1.82) is 5.26 Å². The SMILES string of the molecule is COc1ccc(-c2ccnc3c2c(C(C)C)nn3-c2ccc(C#N)c(N[C@H]3CC[C@H](O)CC3)c2)cn1. The molecule has 5 rings (SSSR count). The van der Waals surface area contributed by atoms with Gasteiger partial charge in [-0.3, -0.25) is 0 Å². The Hall–Kier alpha value is -3.96. The molecule has 1 aliphatic rings. The Morgan fingerprint density at radius 1 is 1.11 bits per heavy atom. The van der Waals surface area contributed by atoms with E-state index < -0.39 is 0 Å². The first-order chi connectivity index (χ1) is 17.5. The molecule has 184 valence electrons. The average molecular weight is 483 g/mol. The molecule has 3 aromatic heterocycles. The Labute approximate surface area is 210 Å². The van der Waals surface area contributed by atoms with Crippen LogP contribution in [0.4, 0.5) is 5.69 Å². The molecular formula is C28H30N6O2. The normalized spacial score (nSPS) is 17.8. The van der Waals surface area contributed by atoms with Crippen LogP contribution in [0.1, 0.15) is 56.7 Å². The fourth-order valence-corrected chi connectivity index (χ4v) is 4.88. The molecule has 0 saturated heterocycles. The van der Waals surface area contributed by atoms with Crippen LogP contribution in [0.2, 0.25) is 0 Å². The van der Waals surface area contributed by atoms with Crippen LogP contribution in [0.15, 0.2) is 48.8 Å². The van der Waals surface area contributed by atoms with Gasteiger partial charge in [0.25, 0.3) is 0 Å². The molecule has 8 heteroatoms. The minimum absolute atomic E-state index is 0.174. The number of nitrogens with one attached hydrogen (secondary N) is 1. The van der Waals surface area contributed by atoms with E-state index in [0.29, 0.717) is 11.4 Å². The second kappa shape index (κ2) is 9.96. The fourth-order valence-electron chi connectivity index (χ4n) is 4.88. The van der Waals surface area contributed by atoms with Gasteiger partial charge in [0.1, 0.15) is 6.07 Å². The van der Waals surface area contributed by atoms with Gasteiger partial charge >= 0.3 is 0 Å². The van der Waals surface area contributed by atoms with E-state index in [0.717, 1.165) is 64.9 Å². The summed E-state index contributed by atoms with van der Waals surface area (Å²) in [5, 5.41) is 29.1. The fraction of sp³-hybridized carbons (Fsp3) is 0.357. The lowest BCUT2D eigenvalue weighted by atomic mass is 9.93. The number of nitriles is 1. The summed E-state index contributed by atoms with van der Waals surface area (Å²) in [7, 11) is 1.60. The van der Waals surface area contributed by atoms with Gasteiger partial charge in [-0.25, -0.2) is 14.6 Å². The van der Waals surface area contributed by atoms with Crippen molar-refractivity contribution >= 4 is 16.7 Å². The van der Waals surface area contributed by atoms with E-state index in [9.17, 15) is 10.4 Å². The van der Waals surface area contributed by atoms with Crippen molar-refractivity contribution < 1.29 is 9.84 Å². The zero-order valence-corrected chi connectivity index (χ0v) is 20.8. The summed E-state index contributed by atoms with van der Waals surface area (Å²) in [6, 6.07) is 14.1. The molecular weight excluding hydrogens is 452 g/mol. The van der Waals surface area contributed by atoms with E-state index in [1.165, 1.54) is 0 Å². The Bertz CT molecular complexity index is 1410. The summed E-state index contributed by atoms with van der Waals surface area (Å²) in [6.45, 7) is 4.25. The second-order valence-corrected chi connectivity index (χ2v) is 9.59. The quantitative estimate of drug-likeness (QED) is 0.389. The van der Waals surface area contributed by atoms with Crippen LogP contribution >= 0.6 is 0 Å². The molecule has 1 aliphatic carbocycles. The number of pyridine rings is 2. The van der Waals surface area contributed by atoms with Gasteiger partial charge in [0.15, 0.2) is 5.65 Å². The van der Waals surface area contributed by atoms with Crippen LogP contribution < -0.4 is 10.1 Å². The van der Waals surface area contributed by atoms with Crippen molar-refractivity contribution in [2.45, 2.75) is 57.6 Å². The molecule has 0 radical (unpaired) electrons. The lowest BCUT2D eigenvalue weighted by Crippen LogP contribution is -2.28. The molecule has 8 nitrogen and oxygen atoms in total. The molecule has 0 aliphatic heterocycles. The third-order valence-corrected chi connectivity index (χ3v) is 6.82. The van der Waals surface area contributed by atoms with E-state index in [2.05, 4.69) is 30.2 Å². The van der Waals surface area contributed by atoms with Gasteiger partial charge in [0, 0.05) is 30.1 Å². The third-order valence-electron chi connectivity index (χ3n) is 6.82. The monoisotopic (exact) mass is 482 g/mol. The highest BCUT2D eigenvalue weighted by Gasteiger charge is 2.22. The maximum Gasteiger partial charge on any atom is 0.212 e. The van der Waals surface area contributed by atoms with Gasteiger partial charge in [0.05, 0.1) is 41.2 Å². The minimum Gasteiger partial charge on any atom is -0.481 e. The van der Waals surface area contributed by atoms with Gasteiger partial charge in [-0.15, -0.1) is 0 Å². The predicted molar refractivity (Wildman–Crippen MR) is 139 cm³/mol. The molecule has 0 spiro atoms. The predicted octanol–water partition coefficient (Wildman–Crippen LogP) is 5.20. The number of rotatable bonds is 6. The van der Waals surface area contributed by atoms with E-state index in [1.54, 1.807) is 19.5 Å². The molecule has 1 saturated carbocycles. The lowest BCUT2D eigenvalue weighted by Gasteiger charge is -2.27. The number of hydrogen-bond acceptors (Lipinski definition) is 7. The number of benzene rings is 1. The van der Waals surface area contributed by atoms with Crippen molar-refractivity contribution in [2.24, 2.45) is 0 Å². The summed E-state index contributed by atoms with van der Waals surface area (Å²) in [5.74, 6) is 0.737. The number of aliphatic hydroxyl groups excluding tert-OH is 1. The van der Waals surface area contributed by atoms with Gasteiger partial charge in [-0.05, 0) is 67.5 Å². The van der Waals surface area contributed by atoms with E-state index in [4.69, 9.17) is 14.8 Å². The number of aromatic nitrogens is 4. The van der Waals surface area contributed by atoms with Crippen LogP contribution in [-0.4, -0.2) is 44.1 Å². The van der Waals surface area contributed by atoms with E-state index in [1.807, 2.05) is 41.1 Å². The Morgan fingerprint density at radius 2 is 1.92 bits per heavy atom. The highest BCUT2D eigenvalue weighted by molar-refractivity contribution is 5.95. The number of ether oxygens (including phenoxy) is 1. The molecule has 2 N–H and O–H groups in total. The maximum absolute atomic E-state index is 9.86. The van der Waals surface area contributed by atoms with Crippen molar-refractivity contribution in [1.82, 2.24) is 19.7 Å². The van der Waals surface area contributed by atoms with Crippen LogP contribution in [0, 0.1) is 11.3 Å². The average Bonchev–Trinajstić information content (AvgIpc) is 3.30. The second-order valence-electron chi connectivity index (χ2n) is 9.59. The van der Waals surface area contributed by atoms with Gasteiger partial charge < -0.3 is 15.2 Å². The summed E-state index contributed by atoms with van der Waals surface area (Å²) in [6.07, 6.45) is 6.66. The Balaban J connectivity index is 1.60. The van der Waals surface area contributed by atoms with Crippen LogP contribution in [-0.2, 0) is 0 Å². The zero-order chi connectivity index (χ0) is 25.2. The molecule has 0 atom stereocenters. The molecule has 3 heterocycles. The lowest BCUT2D eigenvalue weighted by molar-refractivity contribution is 0.126. The topological polar surface area (TPSA) is 109 Å². The van der Waals surface area contributed by atoms with Crippen molar-refractivity contribution in [3.8, 4) is 28.8 Å². The summed E-state index contributed by atoms with van der Waals surface area (Å²) >= 11 is 0. The van der Waals surface area contributed by atoms with Crippen molar-refractivity contribution in [2.75, 3.05) is 12.4 Å².